The quantitative estimate of drug-likeness (QED) is 0.774. The zero-order valence-corrected chi connectivity index (χ0v) is 11.6. The van der Waals surface area contributed by atoms with Gasteiger partial charge in [-0.3, -0.25) is 0 Å². The van der Waals surface area contributed by atoms with Crippen LogP contribution in [0.5, 0.6) is 5.75 Å². The minimum atomic E-state index is 0.657. The minimum Gasteiger partial charge on any atom is -0.493 e. The number of benzene rings is 1. The van der Waals surface area contributed by atoms with Crippen molar-refractivity contribution in [3.05, 3.63) is 48.2 Å². The van der Waals surface area contributed by atoms with E-state index in [1.807, 2.05) is 42.1 Å². The molecule has 20 heavy (non-hydrogen) atoms. The summed E-state index contributed by atoms with van der Waals surface area (Å²) >= 11 is 0. The Morgan fingerprint density at radius 1 is 1.35 bits per heavy atom. The first-order chi connectivity index (χ1) is 9.78. The molecule has 0 spiro atoms. The molecule has 2 heterocycles. The van der Waals surface area contributed by atoms with Crippen LogP contribution in [0.4, 0.5) is 0 Å². The Hall–Kier alpha value is -2.27. The van der Waals surface area contributed by atoms with E-state index in [2.05, 4.69) is 10.3 Å². The first kappa shape index (κ1) is 12.7. The van der Waals surface area contributed by atoms with Crippen LogP contribution >= 0.6 is 0 Å². The topological polar surface area (TPSA) is 52.2 Å². The average Bonchev–Trinajstić information content (AvgIpc) is 3.04. The number of methoxy groups -OCH3 is 1. The SMILES string of the molecule is COc1cccc2cc(CNCc3nccn3C)oc12. The number of furan rings is 1. The van der Waals surface area contributed by atoms with Crippen LogP contribution in [-0.4, -0.2) is 16.7 Å². The summed E-state index contributed by atoms with van der Waals surface area (Å²) in [6, 6.07) is 7.91. The molecule has 1 N–H and O–H groups in total. The molecule has 104 valence electrons. The zero-order valence-electron chi connectivity index (χ0n) is 11.6. The predicted octanol–water partition coefficient (Wildman–Crippen LogP) is 2.46. The summed E-state index contributed by atoms with van der Waals surface area (Å²) in [6.45, 7) is 1.36. The highest BCUT2D eigenvalue weighted by Gasteiger charge is 2.08. The molecule has 0 aliphatic carbocycles. The number of nitrogens with zero attached hydrogens (tertiary/aromatic N) is 2. The Balaban J connectivity index is 1.70. The third-order valence-electron chi connectivity index (χ3n) is 3.28. The zero-order chi connectivity index (χ0) is 13.9. The summed E-state index contributed by atoms with van der Waals surface area (Å²) in [5, 5.41) is 4.38. The molecule has 0 aliphatic heterocycles. The van der Waals surface area contributed by atoms with Gasteiger partial charge in [-0.1, -0.05) is 12.1 Å². The summed E-state index contributed by atoms with van der Waals surface area (Å²) in [7, 11) is 3.63. The van der Waals surface area contributed by atoms with Crippen LogP contribution in [0.25, 0.3) is 11.0 Å². The minimum absolute atomic E-state index is 0.657. The van der Waals surface area contributed by atoms with E-state index in [-0.39, 0.29) is 0 Å². The molecule has 1 aromatic carbocycles. The van der Waals surface area contributed by atoms with Crippen molar-refractivity contribution in [1.82, 2.24) is 14.9 Å². The fourth-order valence-corrected chi connectivity index (χ4v) is 2.20. The lowest BCUT2D eigenvalue weighted by Gasteiger charge is -2.03. The van der Waals surface area contributed by atoms with Gasteiger partial charge in [0.2, 0.25) is 0 Å². The summed E-state index contributed by atoms with van der Waals surface area (Å²) in [5.41, 5.74) is 0.795. The van der Waals surface area contributed by atoms with Crippen LogP contribution in [0.3, 0.4) is 0 Å². The third kappa shape index (κ3) is 2.40. The van der Waals surface area contributed by atoms with Gasteiger partial charge in [-0.15, -0.1) is 0 Å². The molecule has 0 bridgehead atoms. The van der Waals surface area contributed by atoms with Crippen molar-refractivity contribution in [3.63, 3.8) is 0 Å². The number of nitrogens with one attached hydrogen (secondary N) is 1. The maximum Gasteiger partial charge on any atom is 0.176 e. The normalized spacial score (nSPS) is 11.1. The smallest absolute Gasteiger partial charge is 0.176 e. The molecular formula is C15H17N3O2. The highest BCUT2D eigenvalue weighted by atomic mass is 16.5. The molecule has 0 saturated carbocycles. The van der Waals surface area contributed by atoms with Gasteiger partial charge in [-0.25, -0.2) is 4.98 Å². The van der Waals surface area contributed by atoms with Gasteiger partial charge in [-0.2, -0.15) is 0 Å². The summed E-state index contributed by atoms with van der Waals surface area (Å²) in [5.74, 6) is 2.65. The van der Waals surface area contributed by atoms with Crippen LogP contribution in [0.15, 0.2) is 41.1 Å². The van der Waals surface area contributed by atoms with Crippen molar-refractivity contribution in [1.29, 1.82) is 0 Å². The van der Waals surface area contributed by atoms with E-state index in [0.717, 1.165) is 28.3 Å². The fraction of sp³-hybridized carbons (Fsp3) is 0.267. The lowest BCUT2D eigenvalue weighted by Crippen LogP contribution is -2.15. The van der Waals surface area contributed by atoms with Crippen molar-refractivity contribution in [3.8, 4) is 5.75 Å². The van der Waals surface area contributed by atoms with Gasteiger partial charge < -0.3 is 19.0 Å². The average molecular weight is 271 g/mol. The van der Waals surface area contributed by atoms with E-state index in [4.69, 9.17) is 9.15 Å². The molecule has 0 amide bonds. The maximum absolute atomic E-state index is 5.83. The number of aromatic nitrogens is 2. The Morgan fingerprint density at radius 3 is 3.00 bits per heavy atom. The number of aryl methyl sites for hydroxylation is 1. The second-order valence-electron chi connectivity index (χ2n) is 4.65. The van der Waals surface area contributed by atoms with Gasteiger partial charge in [0.05, 0.1) is 20.2 Å². The van der Waals surface area contributed by atoms with Gasteiger partial charge in [0, 0.05) is 24.8 Å². The molecular weight excluding hydrogens is 254 g/mol. The Morgan fingerprint density at radius 2 is 2.25 bits per heavy atom. The molecule has 0 aliphatic rings. The first-order valence-electron chi connectivity index (χ1n) is 6.50. The number of hydrogen-bond acceptors (Lipinski definition) is 4. The van der Waals surface area contributed by atoms with Gasteiger partial charge in [0.15, 0.2) is 11.3 Å². The lowest BCUT2D eigenvalue weighted by molar-refractivity contribution is 0.406. The number of hydrogen-bond donors (Lipinski definition) is 1. The lowest BCUT2D eigenvalue weighted by atomic mass is 10.2. The monoisotopic (exact) mass is 271 g/mol. The molecule has 3 rings (SSSR count). The number of rotatable bonds is 5. The number of ether oxygens (including phenoxy) is 1. The largest absolute Gasteiger partial charge is 0.493 e. The van der Waals surface area contributed by atoms with Crippen LogP contribution in [0.2, 0.25) is 0 Å². The van der Waals surface area contributed by atoms with Crippen LogP contribution in [0, 0.1) is 0 Å². The number of fused-ring (bicyclic) bond motifs is 1. The Bertz CT molecular complexity index is 715. The molecule has 5 heteroatoms. The molecule has 0 radical (unpaired) electrons. The molecule has 0 atom stereocenters. The molecule has 0 saturated heterocycles. The van der Waals surface area contributed by atoms with Gasteiger partial charge in [-0.05, 0) is 12.1 Å². The Labute approximate surface area is 117 Å². The van der Waals surface area contributed by atoms with Crippen LogP contribution < -0.4 is 10.1 Å². The van der Waals surface area contributed by atoms with Gasteiger partial charge in [0.25, 0.3) is 0 Å². The highest BCUT2D eigenvalue weighted by molar-refractivity contribution is 5.83. The van der Waals surface area contributed by atoms with Gasteiger partial charge >= 0.3 is 0 Å². The van der Waals surface area contributed by atoms with E-state index in [1.165, 1.54) is 0 Å². The first-order valence-corrected chi connectivity index (χ1v) is 6.50. The van der Waals surface area contributed by atoms with Crippen molar-refractivity contribution in [2.24, 2.45) is 7.05 Å². The standard InChI is InChI=1S/C15H17N3O2/c1-18-7-6-17-14(18)10-16-9-12-8-11-4-3-5-13(19-2)15(11)20-12/h3-8,16H,9-10H2,1-2H3. The summed E-state index contributed by atoms with van der Waals surface area (Å²) in [6.07, 6.45) is 3.73. The van der Waals surface area contributed by atoms with Crippen LogP contribution in [-0.2, 0) is 20.1 Å². The van der Waals surface area contributed by atoms with E-state index in [1.54, 1.807) is 13.3 Å². The molecule has 0 unspecified atom stereocenters. The highest BCUT2D eigenvalue weighted by Crippen LogP contribution is 2.28. The molecule has 0 fully saturated rings. The second kappa shape index (κ2) is 5.38. The van der Waals surface area contributed by atoms with Crippen molar-refractivity contribution in [2.75, 3.05) is 7.11 Å². The predicted molar refractivity (Wildman–Crippen MR) is 76.5 cm³/mol. The summed E-state index contributed by atoms with van der Waals surface area (Å²) < 4.78 is 13.1. The van der Waals surface area contributed by atoms with Crippen molar-refractivity contribution < 1.29 is 9.15 Å². The number of para-hydroxylation sites is 1. The van der Waals surface area contributed by atoms with E-state index < -0.39 is 0 Å². The maximum atomic E-state index is 5.83. The van der Waals surface area contributed by atoms with E-state index in [9.17, 15) is 0 Å². The Kier molecular flexibility index (Phi) is 3.43. The third-order valence-corrected chi connectivity index (χ3v) is 3.28. The molecule has 5 nitrogen and oxygen atoms in total. The van der Waals surface area contributed by atoms with E-state index >= 15 is 0 Å². The fourth-order valence-electron chi connectivity index (χ4n) is 2.20. The van der Waals surface area contributed by atoms with Crippen molar-refractivity contribution in [2.45, 2.75) is 13.1 Å². The van der Waals surface area contributed by atoms with E-state index in [0.29, 0.717) is 13.1 Å². The summed E-state index contributed by atoms with van der Waals surface area (Å²) in [4.78, 5) is 4.27. The molecule has 2 aromatic heterocycles. The number of imidazole rings is 1. The molecule has 3 aromatic rings. The van der Waals surface area contributed by atoms with Crippen LogP contribution in [0.1, 0.15) is 11.6 Å². The second-order valence-corrected chi connectivity index (χ2v) is 4.65. The van der Waals surface area contributed by atoms with Gasteiger partial charge in [0.1, 0.15) is 11.6 Å². The van der Waals surface area contributed by atoms with Crippen molar-refractivity contribution >= 4 is 11.0 Å².